The normalized spacial score (nSPS) is 14.7. The third kappa shape index (κ3) is 6.70. The number of carbonyl (C=O) groups excluding carboxylic acids is 1. The first kappa shape index (κ1) is 21.0. The molecule has 156 valence electrons. The fourth-order valence-electron chi connectivity index (χ4n) is 3.49. The van der Waals surface area contributed by atoms with Crippen molar-refractivity contribution in [3.63, 3.8) is 0 Å². The molecule has 5 nitrogen and oxygen atoms in total. The van der Waals surface area contributed by atoms with Gasteiger partial charge in [-0.3, -0.25) is 4.79 Å². The molecule has 1 amide bonds. The second-order valence-corrected chi connectivity index (χ2v) is 8.13. The second kappa shape index (κ2) is 10.2. The van der Waals surface area contributed by atoms with Gasteiger partial charge in [-0.15, -0.1) is 0 Å². The molecule has 1 fully saturated rings. The Kier molecular flexibility index (Phi) is 7.39. The number of carbonyl (C=O) groups is 1. The molecule has 1 saturated heterocycles. The Bertz CT molecular complexity index is 764. The fraction of sp³-hybridized carbons (Fsp3) is 0.458. The Morgan fingerprint density at radius 1 is 1.03 bits per heavy atom. The summed E-state index contributed by atoms with van der Waals surface area (Å²) in [4.78, 5) is 14.6. The number of benzene rings is 2. The van der Waals surface area contributed by atoms with Gasteiger partial charge in [0.1, 0.15) is 5.75 Å². The number of nitrogens with one attached hydrogen (secondary N) is 2. The van der Waals surface area contributed by atoms with E-state index < -0.39 is 0 Å². The minimum atomic E-state index is 0.0109. The van der Waals surface area contributed by atoms with Gasteiger partial charge in [0.25, 0.3) is 0 Å². The molecule has 0 unspecified atom stereocenters. The highest BCUT2D eigenvalue weighted by atomic mass is 16.5. The van der Waals surface area contributed by atoms with Gasteiger partial charge in [0.2, 0.25) is 5.91 Å². The summed E-state index contributed by atoms with van der Waals surface area (Å²) in [7, 11) is 0. The molecule has 0 aliphatic carbocycles. The van der Waals surface area contributed by atoms with Crippen molar-refractivity contribution in [2.75, 3.05) is 35.2 Å². The van der Waals surface area contributed by atoms with Crippen molar-refractivity contribution >= 4 is 23.0 Å². The van der Waals surface area contributed by atoms with Crippen LogP contribution in [0.5, 0.6) is 5.75 Å². The van der Waals surface area contributed by atoms with Gasteiger partial charge < -0.3 is 20.3 Å². The first-order chi connectivity index (χ1) is 14.0. The Hall–Kier alpha value is -2.69. The Labute approximate surface area is 174 Å². The molecule has 2 aromatic carbocycles. The Balaban J connectivity index is 1.40. The predicted molar refractivity (Wildman–Crippen MR) is 121 cm³/mol. The zero-order valence-electron chi connectivity index (χ0n) is 17.8. The zero-order chi connectivity index (χ0) is 20.6. The molecule has 29 heavy (non-hydrogen) atoms. The molecular weight excluding hydrogens is 362 g/mol. The first-order valence-electron chi connectivity index (χ1n) is 10.6. The van der Waals surface area contributed by atoms with E-state index in [1.54, 1.807) is 0 Å². The molecule has 3 rings (SSSR count). The summed E-state index contributed by atoms with van der Waals surface area (Å²) >= 11 is 0. The molecule has 0 bridgehead atoms. The van der Waals surface area contributed by atoms with E-state index in [1.165, 1.54) is 18.5 Å². The van der Waals surface area contributed by atoms with E-state index in [9.17, 15) is 4.79 Å². The van der Waals surface area contributed by atoms with Crippen LogP contribution in [0.4, 0.5) is 17.1 Å². The molecule has 1 heterocycles. The maximum Gasteiger partial charge on any atom is 0.226 e. The molecule has 0 atom stereocenters. The monoisotopic (exact) mass is 395 g/mol. The second-order valence-electron chi connectivity index (χ2n) is 8.13. The van der Waals surface area contributed by atoms with Crippen molar-refractivity contribution < 1.29 is 9.53 Å². The van der Waals surface area contributed by atoms with Crippen molar-refractivity contribution in [2.45, 2.75) is 46.1 Å². The summed E-state index contributed by atoms with van der Waals surface area (Å²) in [6.45, 7) is 9.15. The molecule has 0 saturated carbocycles. The van der Waals surface area contributed by atoms with Crippen LogP contribution in [0.25, 0.3) is 0 Å². The first-order valence-corrected chi connectivity index (χ1v) is 10.6. The molecule has 5 heteroatoms. The molecule has 2 N–H and O–H groups in total. The third-order valence-electron chi connectivity index (χ3n) is 5.21. The Morgan fingerprint density at radius 3 is 2.28 bits per heavy atom. The van der Waals surface area contributed by atoms with E-state index in [1.807, 2.05) is 50.2 Å². The lowest BCUT2D eigenvalue weighted by molar-refractivity contribution is -0.115. The van der Waals surface area contributed by atoms with Crippen LogP contribution in [0.2, 0.25) is 0 Å². The molecule has 0 spiro atoms. The highest BCUT2D eigenvalue weighted by Crippen LogP contribution is 2.24. The lowest BCUT2D eigenvalue weighted by Crippen LogP contribution is -2.32. The van der Waals surface area contributed by atoms with Crippen LogP contribution in [0.15, 0.2) is 48.5 Å². The van der Waals surface area contributed by atoms with Gasteiger partial charge in [-0.05, 0) is 81.1 Å². The number of rotatable bonds is 8. The quantitative estimate of drug-likeness (QED) is 0.649. The SMILES string of the molecule is CC1CCN(c2ccc(NC(=O)CCNc3ccc(OC(C)C)cc3)cc2)CC1. The van der Waals surface area contributed by atoms with Crippen LogP contribution in [0, 0.1) is 5.92 Å². The lowest BCUT2D eigenvalue weighted by Gasteiger charge is -2.32. The Morgan fingerprint density at radius 2 is 1.66 bits per heavy atom. The van der Waals surface area contributed by atoms with Gasteiger partial charge >= 0.3 is 0 Å². The maximum absolute atomic E-state index is 12.2. The van der Waals surface area contributed by atoms with Gasteiger partial charge in [-0.25, -0.2) is 0 Å². The number of anilines is 3. The number of ether oxygens (including phenoxy) is 1. The summed E-state index contributed by atoms with van der Waals surface area (Å²) in [5, 5.41) is 6.25. The third-order valence-corrected chi connectivity index (χ3v) is 5.21. The zero-order valence-corrected chi connectivity index (χ0v) is 17.8. The van der Waals surface area contributed by atoms with E-state index >= 15 is 0 Å². The minimum absolute atomic E-state index is 0.0109. The van der Waals surface area contributed by atoms with Crippen molar-refractivity contribution in [1.82, 2.24) is 0 Å². The average Bonchev–Trinajstić information content (AvgIpc) is 2.70. The summed E-state index contributed by atoms with van der Waals surface area (Å²) in [6, 6.07) is 16.0. The highest BCUT2D eigenvalue weighted by molar-refractivity contribution is 5.91. The minimum Gasteiger partial charge on any atom is -0.491 e. The van der Waals surface area contributed by atoms with Crippen molar-refractivity contribution in [3.05, 3.63) is 48.5 Å². The lowest BCUT2D eigenvalue weighted by atomic mass is 9.99. The van der Waals surface area contributed by atoms with E-state index in [2.05, 4.69) is 34.6 Å². The van der Waals surface area contributed by atoms with E-state index in [-0.39, 0.29) is 12.0 Å². The topological polar surface area (TPSA) is 53.6 Å². The van der Waals surface area contributed by atoms with Crippen LogP contribution in [0.1, 0.15) is 40.0 Å². The largest absolute Gasteiger partial charge is 0.491 e. The number of nitrogens with zero attached hydrogens (tertiary/aromatic N) is 1. The van der Waals surface area contributed by atoms with E-state index in [0.29, 0.717) is 13.0 Å². The van der Waals surface area contributed by atoms with E-state index in [4.69, 9.17) is 4.74 Å². The van der Waals surface area contributed by atoms with Crippen molar-refractivity contribution in [2.24, 2.45) is 5.92 Å². The smallest absolute Gasteiger partial charge is 0.226 e. The molecule has 0 radical (unpaired) electrons. The van der Waals surface area contributed by atoms with Gasteiger partial charge in [-0.1, -0.05) is 6.92 Å². The summed E-state index contributed by atoms with van der Waals surface area (Å²) in [5.74, 6) is 1.69. The maximum atomic E-state index is 12.2. The van der Waals surface area contributed by atoms with Crippen molar-refractivity contribution in [1.29, 1.82) is 0 Å². The summed E-state index contributed by atoms with van der Waals surface area (Å²) in [6.07, 6.45) is 3.07. The van der Waals surface area contributed by atoms with Crippen LogP contribution >= 0.6 is 0 Å². The number of hydrogen-bond donors (Lipinski definition) is 2. The predicted octanol–water partition coefficient (Wildman–Crippen LogP) is 5.15. The standard InChI is InChI=1S/C24H33N3O2/c1-18(2)29-23-10-6-20(7-11-23)25-15-12-24(28)26-21-4-8-22(9-5-21)27-16-13-19(3)14-17-27/h4-11,18-19,25H,12-17H2,1-3H3,(H,26,28). The van der Waals surface area contributed by atoms with Gasteiger partial charge in [0.05, 0.1) is 6.10 Å². The number of piperidine rings is 1. The van der Waals surface area contributed by atoms with Gasteiger partial charge in [0.15, 0.2) is 0 Å². The molecule has 0 aromatic heterocycles. The number of amides is 1. The molecule has 1 aliphatic heterocycles. The fourth-order valence-corrected chi connectivity index (χ4v) is 3.49. The van der Waals surface area contributed by atoms with Crippen LogP contribution in [-0.2, 0) is 4.79 Å². The van der Waals surface area contributed by atoms with Crippen molar-refractivity contribution in [3.8, 4) is 5.75 Å². The highest BCUT2D eigenvalue weighted by Gasteiger charge is 2.15. The van der Waals surface area contributed by atoms with Crippen LogP contribution < -0.4 is 20.3 Å². The average molecular weight is 396 g/mol. The molecule has 1 aliphatic rings. The summed E-state index contributed by atoms with van der Waals surface area (Å²) in [5.41, 5.74) is 3.06. The molecule has 2 aromatic rings. The van der Waals surface area contributed by atoms with Gasteiger partial charge in [0, 0.05) is 43.1 Å². The molecular formula is C24H33N3O2. The summed E-state index contributed by atoms with van der Waals surface area (Å²) < 4.78 is 5.64. The van der Waals surface area contributed by atoms with Crippen LogP contribution in [0.3, 0.4) is 0 Å². The van der Waals surface area contributed by atoms with E-state index in [0.717, 1.165) is 36.1 Å². The number of hydrogen-bond acceptors (Lipinski definition) is 4. The van der Waals surface area contributed by atoms with Gasteiger partial charge in [-0.2, -0.15) is 0 Å². The van der Waals surface area contributed by atoms with Crippen LogP contribution in [-0.4, -0.2) is 31.6 Å².